The molecule has 1 N–H and O–H groups in total. The highest BCUT2D eigenvalue weighted by atomic mass is 16.5. The fourth-order valence-electron chi connectivity index (χ4n) is 2.33. The van der Waals surface area contributed by atoms with Gasteiger partial charge in [0.2, 0.25) is 0 Å². The normalized spacial score (nSPS) is 11.8. The van der Waals surface area contributed by atoms with Crippen LogP contribution < -0.4 is 5.32 Å². The minimum atomic E-state index is -0.493. The summed E-state index contributed by atoms with van der Waals surface area (Å²) in [5.74, 6) is -0.411. The van der Waals surface area contributed by atoms with E-state index in [1.54, 1.807) is 12.1 Å². The zero-order chi connectivity index (χ0) is 17.5. The second-order valence-electron chi connectivity index (χ2n) is 6.05. The lowest BCUT2D eigenvalue weighted by Gasteiger charge is -2.14. The zero-order valence-electron chi connectivity index (χ0n) is 14.3. The van der Waals surface area contributed by atoms with Gasteiger partial charge in [0.15, 0.2) is 6.61 Å². The van der Waals surface area contributed by atoms with Crippen LogP contribution in [-0.2, 0) is 9.53 Å². The van der Waals surface area contributed by atoms with E-state index in [0.29, 0.717) is 11.5 Å². The fraction of sp³-hybridized carbons (Fsp3) is 0.300. The first kappa shape index (κ1) is 17.7. The number of carbonyl (C=O) groups excluding carboxylic acids is 2. The minimum Gasteiger partial charge on any atom is -0.452 e. The predicted octanol–water partition coefficient (Wildman–Crippen LogP) is 3.84. The Bertz CT molecular complexity index is 678. The van der Waals surface area contributed by atoms with Crippen LogP contribution in [0.4, 0.5) is 0 Å². The van der Waals surface area contributed by atoms with Crippen molar-refractivity contribution in [2.75, 3.05) is 6.61 Å². The molecule has 0 fully saturated rings. The average Bonchev–Trinajstić information content (AvgIpc) is 2.60. The number of ether oxygens (including phenoxy) is 1. The minimum absolute atomic E-state index is 0.136. The van der Waals surface area contributed by atoms with Crippen molar-refractivity contribution in [1.82, 2.24) is 5.32 Å². The molecule has 0 aliphatic heterocycles. The number of esters is 1. The maximum absolute atomic E-state index is 12.0. The quantitative estimate of drug-likeness (QED) is 0.821. The molecule has 0 radical (unpaired) electrons. The third-order valence-corrected chi connectivity index (χ3v) is 3.82. The first-order valence-electron chi connectivity index (χ1n) is 8.08. The van der Waals surface area contributed by atoms with E-state index in [4.69, 9.17) is 4.74 Å². The Kier molecular flexibility index (Phi) is 6.13. The molecule has 0 spiro atoms. The summed E-state index contributed by atoms with van der Waals surface area (Å²) in [7, 11) is 0. The summed E-state index contributed by atoms with van der Waals surface area (Å²) >= 11 is 0. The first-order valence-corrected chi connectivity index (χ1v) is 8.08. The SMILES string of the molecule is CC(C)c1ccc(C(=O)OCC(=O)NC(C)c2ccccc2)cc1. The van der Waals surface area contributed by atoms with Crippen molar-refractivity contribution < 1.29 is 14.3 Å². The molecular weight excluding hydrogens is 302 g/mol. The van der Waals surface area contributed by atoms with Gasteiger partial charge in [-0.2, -0.15) is 0 Å². The third-order valence-electron chi connectivity index (χ3n) is 3.82. The van der Waals surface area contributed by atoms with Crippen LogP contribution >= 0.6 is 0 Å². The van der Waals surface area contributed by atoms with Gasteiger partial charge >= 0.3 is 5.97 Å². The lowest BCUT2D eigenvalue weighted by Crippen LogP contribution is -2.31. The molecule has 2 aromatic rings. The molecule has 1 atom stereocenters. The monoisotopic (exact) mass is 325 g/mol. The molecule has 0 aromatic heterocycles. The molecule has 0 bridgehead atoms. The molecule has 1 unspecified atom stereocenters. The number of benzene rings is 2. The molecule has 0 heterocycles. The molecule has 2 aromatic carbocycles. The molecule has 1 amide bonds. The summed E-state index contributed by atoms with van der Waals surface area (Å²) in [6.07, 6.45) is 0. The number of hydrogen-bond acceptors (Lipinski definition) is 3. The van der Waals surface area contributed by atoms with E-state index in [1.807, 2.05) is 49.4 Å². The Morgan fingerprint density at radius 3 is 2.12 bits per heavy atom. The summed E-state index contributed by atoms with van der Waals surface area (Å²) in [4.78, 5) is 23.9. The Morgan fingerprint density at radius 1 is 0.917 bits per heavy atom. The smallest absolute Gasteiger partial charge is 0.338 e. The second kappa shape index (κ2) is 8.29. The largest absolute Gasteiger partial charge is 0.452 e. The Morgan fingerprint density at radius 2 is 1.54 bits per heavy atom. The standard InChI is InChI=1S/C20H23NO3/c1-14(2)16-9-11-18(12-10-16)20(23)24-13-19(22)21-15(3)17-7-5-4-6-8-17/h4-12,14-15H,13H2,1-3H3,(H,21,22). The number of nitrogens with one attached hydrogen (secondary N) is 1. The van der Waals surface area contributed by atoms with Crippen LogP contribution in [0.15, 0.2) is 54.6 Å². The highest BCUT2D eigenvalue weighted by Gasteiger charge is 2.13. The van der Waals surface area contributed by atoms with Crippen molar-refractivity contribution in [3.05, 3.63) is 71.3 Å². The molecule has 0 aliphatic rings. The topological polar surface area (TPSA) is 55.4 Å². The van der Waals surface area contributed by atoms with Gasteiger partial charge in [0.25, 0.3) is 5.91 Å². The van der Waals surface area contributed by atoms with Crippen molar-refractivity contribution in [3.8, 4) is 0 Å². The van der Waals surface area contributed by atoms with E-state index >= 15 is 0 Å². The van der Waals surface area contributed by atoms with Gasteiger partial charge in [0.1, 0.15) is 0 Å². The van der Waals surface area contributed by atoms with Crippen LogP contribution in [0.3, 0.4) is 0 Å². The van der Waals surface area contributed by atoms with E-state index in [1.165, 1.54) is 0 Å². The summed E-state index contributed by atoms with van der Waals surface area (Å²) in [6, 6.07) is 16.7. The Balaban J connectivity index is 1.83. The van der Waals surface area contributed by atoms with E-state index in [-0.39, 0.29) is 18.6 Å². The molecule has 4 heteroatoms. The number of amides is 1. The summed E-state index contributed by atoms with van der Waals surface area (Å²) in [6.45, 7) is 5.78. The van der Waals surface area contributed by atoms with Gasteiger partial charge in [-0.1, -0.05) is 56.3 Å². The van der Waals surface area contributed by atoms with Crippen LogP contribution in [0.2, 0.25) is 0 Å². The molecule has 0 saturated carbocycles. The van der Waals surface area contributed by atoms with Gasteiger partial charge in [-0.15, -0.1) is 0 Å². The van der Waals surface area contributed by atoms with Crippen LogP contribution in [0.1, 0.15) is 54.2 Å². The number of hydrogen-bond donors (Lipinski definition) is 1. The van der Waals surface area contributed by atoms with Crippen molar-refractivity contribution in [2.24, 2.45) is 0 Å². The highest BCUT2D eigenvalue weighted by Crippen LogP contribution is 2.15. The average molecular weight is 325 g/mol. The molecular formula is C20H23NO3. The summed E-state index contributed by atoms with van der Waals surface area (Å²) < 4.78 is 5.08. The number of carbonyl (C=O) groups is 2. The van der Waals surface area contributed by atoms with Gasteiger partial charge in [-0.3, -0.25) is 4.79 Å². The lowest BCUT2D eigenvalue weighted by molar-refractivity contribution is -0.124. The van der Waals surface area contributed by atoms with Gasteiger partial charge in [0.05, 0.1) is 11.6 Å². The van der Waals surface area contributed by atoms with Crippen LogP contribution in [0.5, 0.6) is 0 Å². The van der Waals surface area contributed by atoms with Gasteiger partial charge in [0, 0.05) is 0 Å². The third kappa shape index (κ3) is 4.95. The fourth-order valence-corrected chi connectivity index (χ4v) is 2.33. The van der Waals surface area contributed by atoms with E-state index in [2.05, 4.69) is 19.2 Å². The van der Waals surface area contributed by atoms with Crippen LogP contribution in [0, 0.1) is 0 Å². The molecule has 0 aliphatic carbocycles. The zero-order valence-corrected chi connectivity index (χ0v) is 14.3. The summed E-state index contributed by atoms with van der Waals surface area (Å²) in [5.41, 5.74) is 2.60. The van der Waals surface area contributed by atoms with Gasteiger partial charge in [-0.25, -0.2) is 4.79 Å². The maximum Gasteiger partial charge on any atom is 0.338 e. The van der Waals surface area contributed by atoms with Gasteiger partial charge < -0.3 is 10.1 Å². The Hall–Kier alpha value is -2.62. The predicted molar refractivity (Wildman–Crippen MR) is 93.8 cm³/mol. The first-order chi connectivity index (χ1) is 11.5. The molecule has 126 valence electrons. The molecule has 0 saturated heterocycles. The van der Waals surface area contributed by atoms with Crippen LogP contribution in [0.25, 0.3) is 0 Å². The molecule has 24 heavy (non-hydrogen) atoms. The van der Waals surface area contributed by atoms with Crippen molar-refractivity contribution >= 4 is 11.9 Å². The molecule has 4 nitrogen and oxygen atoms in total. The molecule has 2 rings (SSSR count). The van der Waals surface area contributed by atoms with Crippen LogP contribution in [-0.4, -0.2) is 18.5 Å². The van der Waals surface area contributed by atoms with E-state index in [9.17, 15) is 9.59 Å². The van der Waals surface area contributed by atoms with E-state index < -0.39 is 5.97 Å². The lowest BCUT2D eigenvalue weighted by atomic mass is 10.0. The Labute approximate surface area is 142 Å². The van der Waals surface area contributed by atoms with Crippen molar-refractivity contribution in [2.45, 2.75) is 32.7 Å². The van der Waals surface area contributed by atoms with Gasteiger partial charge in [-0.05, 0) is 36.1 Å². The summed E-state index contributed by atoms with van der Waals surface area (Å²) in [5, 5.41) is 2.81. The maximum atomic E-state index is 12.0. The number of rotatable bonds is 6. The van der Waals surface area contributed by atoms with Crippen molar-refractivity contribution in [1.29, 1.82) is 0 Å². The van der Waals surface area contributed by atoms with E-state index in [0.717, 1.165) is 11.1 Å². The van der Waals surface area contributed by atoms with Crippen molar-refractivity contribution in [3.63, 3.8) is 0 Å². The highest BCUT2D eigenvalue weighted by molar-refractivity contribution is 5.91. The second-order valence-corrected chi connectivity index (χ2v) is 6.05.